The van der Waals surface area contributed by atoms with Gasteiger partial charge in [0, 0.05) is 42.4 Å². The lowest BCUT2D eigenvalue weighted by Gasteiger charge is -2.32. The van der Waals surface area contributed by atoms with Gasteiger partial charge < -0.3 is 0 Å². The van der Waals surface area contributed by atoms with Crippen LogP contribution in [-0.2, 0) is 0 Å². The van der Waals surface area contributed by atoms with E-state index in [1.54, 1.807) is 23.3 Å². The van der Waals surface area contributed by atoms with Crippen molar-refractivity contribution in [3.05, 3.63) is 139 Å². The van der Waals surface area contributed by atoms with Crippen molar-refractivity contribution in [2.24, 2.45) is 0 Å². The minimum absolute atomic E-state index is 0.498. The molecule has 0 radical (unpaired) electrons. The fourth-order valence-electron chi connectivity index (χ4n) is 6.77. The third-order valence-electron chi connectivity index (χ3n) is 8.69. The maximum Gasteiger partial charge on any atom is 0.241 e. The van der Waals surface area contributed by atoms with Crippen LogP contribution in [0.3, 0.4) is 0 Å². The van der Waals surface area contributed by atoms with Gasteiger partial charge in [-0.2, -0.15) is 0 Å². The molecule has 2 aromatic heterocycles. The van der Waals surface area contributed by atoms with E-state index in [0.29, 0.717) is 18.0 Å². The Morgan fingerprint density at radius 1 is 0.578 bits per heavy atom. The van der Waals surface area contributed by atoms with Crippen LogP contribution >= 0.6 is 23.3 Å². The van der Waals surface area contributed by atoms with Crippen molar-refractivity contribution >= 4 is 87.5 Å². The zero-order chi connectivity index (χ0) is 31.2. The summed E-state index contributed by atoms with van der Waals surface area (Å²) >= 11 is 3.39. The van der Waals surface area contributed by atoms with Gasteiger partial charge in [-0.1, -0.05) is 121 Å². The van der Waals surface area contributed by atoms with Crippen LogP contribution in [0, 0.1) is 0 Å². The molecule has 7 aromatic carbocycles. The van der Waals surface area contributed by atoms with Crippen LogP contribution in [-0.4, -0.2) is 9.97 Å². The summed E-state index contributed by atoms with van der Waals surface area (Å²) in [5, 5.41) is 7.14. The summed E-state index contributed by atoms with van der Waals surface area (Å²) in [4.78, 5) is 11.6. The highest BCUT2D eigenvalue weighted by Crippen LogP contribution is 2.59. The first-order valence-corrected chi connectivity index (χ1v) is 16.4. The molecule has 0 amide bonds. The highest BCUT2D eigenvalue weighted by atomic mass is 32.2. The molecule has 210 valence electrons. The lowest BCUT2D eigenvalue weighted by molar-refractivity contribution is 1.17. The number of thiophene rings is 1. The molecule has 0 aliphatic carbocycles. The van der Waals surface area contributed by atoms with E-state index in [1.807, 2.05) is 54.6 Å². The van der Waals surface area contributed by atoms with E-state index in [9.17, 15) is 1.37 Å². The van der Waals surface area contributed by atoms with Crippen LogP contribution in [0.15, 0.2) is 144 Å². The summed E-state index contributed by atoms with van der Waals surface area (Å²) in [5.74, 6) is 0.605. The molecule has 9 aromatic rings. The van der Waals surface area contributed by atoms with Gasteiger partial charge in [-0.15, -0.1) is 11.3 Å². The average molecular weight is 612 g/mol. The van der Waals surface area contributed by atoms with Crippen molar-refractivity contribution in [1.82, 2.24) is 9.97 Å². The molecule has 1 aliphatic rings. The summed E-state index contributed by atoms with van der Waals surface area (Å²) in [6, 6.07) is 44.2. The van der Waals surface area contributed by atoms with E-state index < -0.39 is 0 Å². The predicted octanol–water partition coefficient (Wildman–Crippen LogP) is 11.8. The summed E-state index contributed by atoms with van der Waals surface area (Å²) < 4.78 is 22.5. The second-order valence-electron chi connectivity index (χ2n) is 11.2. The Morgan fingerprint density at radius 2 is 1.31 bits per heavy atom. The number of anilines is 2. The number of nitrogens with zero attached hydrogens (tertiary/aromatic N) is 3. The Labute approximate surface area is 270 Å². The molecule has 3 nitrogen and oxygen atoms in total. The number of benzene rings is 7. The molecule has 45 heavy (non-hydrogen) atoms. The zero-order valence-electron chi connectivity index (χ0n) is 25.8. The molecule has 0 N–H and O–H groups in total. The summed E-state index contributed by atoms with van der Waals surface area (Å²) in [7, 11) is 0. The summed E-state index contributed by atoms with van der Waals surface area (Å²) in [6.07, 6.45) is 0. The van der Waals surface area contributed by atoms with E-state index in [2.05, 4.69) is 77.1 Å². The maximum atomic E-state index is 9.22. The van der Waals surface area contributed by atoms with Crippen LogP contribution in [0.1, 0.15) is 2.74 Å². The number of hydrogen-bond acceptors (Lipinski definition) is 5. The van der Waals surface area contributed by atoms with Gasteiger partial charge in [-0.05, 0) is 51.7 Å². The van der Waals surface area contributed by atoms with Crippen molar-refractivity contribution in [2.45, 2.75) is 4.90 Å². The van der Waals surface area contributed by atoms with Gasteiger partial charge >= 0.3 is 0 Å². The van der Waals surface area contributed by atoms with Crippen molar-refractivity contribution in [2.75, 3.05) is 4.31 Å². The summed E-state index contributed by atoms with van der Waals surface area (Å²) in [5.41, 5.74) is 5.96. The Hall–Kier alpha value is -5.23. The molecule has 3 heterocycles. The van der Waals surface area contributed by atoms with Crippen LogP contribution in [0.5, 0.6) is 0 Å². The number of para-hydroxylation sites is 1. The minimum atomic E-state index is 0.498. The fourth-order valence-corrected chi connectivity index (χ4v) is 9.15. The monoisotopic (exact) mass is 611 g/mol. The number of fused-ring (bicyclic) bond motifs is 13. The lowest BCUT2D eigenvalue weighted by atomic mass is 9.90. The maximum absolute atomic E-state index is 9.22. The van der Waals surface area contributed by atoms with Crippen LogP contribution < -0.4 is 4.31 Å². The standard InChI is InChI=1S/C40H23N3S2/c1-2-13-25(14-3-1)37-29-18-8-10-20-31(29)41-40(42-37)43-38-36(35-26-15-5-4-12-24(26)22-23-33(35)45-43)28-17-7-6-16-27(28)34-30-19-9-11-21-32(30)44-39(34)38/h1-23H/i12D,16D. The Balaban J connectivity index is 1.40. The Morgan fingerprint density at radius 3 is 2.22 bits per heavy atom. The van der Waals surface area contributed by atoms with Crippen molar-refractivity contribution in [3.63, 3.8) is 0 Å². The van der Waals surface area contributed by atoms with Crippen LogP contribution in [0.2, 0.25) is 0 Å². The van der Waals surface area contributed by atoms with Gasteiger partial charge in [0.25, 0.3) is 0 Å². The molecule has 0 unspecified atom stereocenters. The smallest absolute Gasteiger partial charge is 0.241 e. The molecular weight excluding hydrogens is 587 g/mol. The highest BCUT2D eigenvalue weighted by molar-refractivity contribution is 8.01. The average Bonchev–Trinajstić information content (AvgIpc) is 3.50. The first kappa shape index (κ1) is 23.2. The molecule has 0 bridgehead atoms. The molecule has 5 heteroatoms. The third-order valence-corrected chi connectivity index (χ3v) is 10.9. The van der Waals surface area contributed by atoms with Crippen molar-refractivity contribution in [3.8, 4) is 22.4 Å². The van der Waals surface area contributed by atoms with Crippen molar-refractivity contribution in [1.29, 1.82) is 0 Å². The van der Waals surface area contributed by atoms with Gasteiger partial charge in [0.2, 0.25) is 5.95 Å². The zero-order valence-corrected chi connectivity index (χ0v) is 25.4. The minimum Gasteiger partial charge on any atom is -0.246 e. The molecule has 1 aliphatic heterocycles. The largest absolute Gasteiger partial charge is 0.246 e. The third kappa shape index (κ3) is 3.65. The number of aromatic nitrogens is 2. The van der Waals surface area contributed by atoms with Gasteiger partial charge in [0.1, 0.15) is 0 Å². The quantitative estimate of drug-likeness (QED) is 0.182. The first-order chi connectivity index (χ1) is 23.2. The van der Waals surface area contributed by atoms with Crippen LogP contribution in [0.25, 0.3) is 75.0 Å². The van der Waals surface area contributed by atoms with Crippen molar-refractivity contribution < 1.29 is 2.74 Å². The Bertz CT molecular complexity index is 2760. The van der Waals surface area contributed by atoms with Gasteiger partial charge in [0.05, 0.1) is 24.3 Å². The normalized spacial score (nSPS) is 13.4. The molecular formula is C40H23N3S2. The topological polar surface area (TPSA) is 29.0 Å². The number of rotatable bonds is 2. The second-order valence-corrected chi connectivity index (χ2v) is 13.2. The molecule has 0 atom stereocenters. The molecule has 0 saturated heterocycles. The molecule has 0 fully saturated rings. The second kappa shape index (κ2) is 9.63. The van der Waals surface area contributed by atoms with E-state index in [1.165, 1.54) is 4.70 Å². The molecule has 0 saturated carbocycles. The van der Waals surface area contributed by atoms with Gasteiger partial charge in [0.15, 0.2) is 0 Å². The predicted molar refractivity (Wildman–Crippen MR) is 193 cm³/mol. The SMILES string of the molecule is [2H]c1cccc2c3c(ccc12)SN(c1nc(-c2ccccc2)c2ccccc2n1)c1c-3c2cccc([2H])c2c2c1sc1ccccc12. The van der Waals surface area contributed by atoms with E-state index >= 15 is 0 Å². The fraction of sp³-hybridized carbons (Fsp3) is 0. The van der Waals surface area contributed by atoms with E-state index in [0.717, 1.165) is 80.9 Å². The lowest BCUT2D eigenvalue weighted by Crippen LogP contribution is -2.16. The molecule has 0 spiro atoms. The van der Waals surface area contributed by atoms with Gasteiger partial charge in [-0.25, -0.2) is 14.3 Å². The van der Waals surface area contributed by atoms with E-state index in [-0.39, 0.29) is 0 Å². The molecule has 10 rings (SSSR count). The highest BCUT2D eigenvalue weighted by Gasteiger charge is 2.33. The summed E-state index contributed by atoms with van der Waals surface area (Å²) in [6.45, 7) is 0. The number of hydrogen-bond donors (Lipinski definition) is 0. The van der Waals surface area contributed by atoms with Crippen LogP contribution in [0.4, 0.5) is 11.6 Å². The van der Waals surface area contributed by atoms with E-state index in [4.69, 9.17) is 11.3 Å². The Kier molecular flexibility index (Phi) is 4.96. The first-order valence-electron chi connectivity index (χ1n) is 15.9. The van der Waals surface area contributed by atoms with Gasteiger partial charge in [-0.3, -0.25) is 0 Å².